The summed E-state index contributed by atoms with van der Waals surface area (Å²) in [5.74, 6) is 0. The van der Waals surface area contributed by atoms with E-state index in [0.29, 0.717) is 0 Å². The number of aromatic nitrogens is 1. The van der Waals surface area contributed by atoms with E-state index in [9.17, 15) is 0 Å². The van der Waals surface area contributed by atoms with Crippen LogP contribution in [0.2, 0.25) is 0 Å². The van der Waals surface area contributed by atoms with E-state index in [0.717, 1.165) is 19.5 Å². The Kier molecular flexibility index (Phi) is 4.95. The van der Waals surface area contributed by atoms with Crippen LogP contribution in [0.3, 0.4) is 0 Å². The zero-order chi connectivity index (χ0) is 11.9. The van der Waals surface area contributed by atoms with E-state index in [1.807, 2.05) is 12.3 Å². The Bertz CT molecular complexity index is 332. The summed E-state index contributed by atoms with van der Waals surface area (Å²) in [7, 11) is 0. The third-order valence-electron chi connectivity index (χ3n) is 3.46. The second-order valence-electron chi connectivity index (χ2n) is 4.69. The van der Waals surface area contributed by atoms with Crippen LogP contribution in [-0.4, -0.2) is 36.1 Å². The van der Waals surface area contributed by atoms with Crippen molar-refractivity contribution in [2.24, 2.45) is 0 Å². The number of nitrogens with zero attached hydrogens (tertiary/aromatic N) is 2. The fraction of sp³-hybridized carbons (Fsp3) is 0.643. The fourth-order valence-electron chi connectivity index (χ4n) is 2.40. The molecule has 1 fully saturated rings. The summed E-state index contributed by atoms with van der Waals surface area (Å²) in [4.78, 5) is 6.98. The van der Waals surface area contributed by atoms with E-state index in [1.54, 1.807) is 0 Å². The quantitative estimate of drug-likeness (QED) is 0.760. The Morgan fingerprint density at radius 3 is 2.94 bits per heavy atom. The topological polar surface area (TPSA) is 28.2 Å². The lowest BCUT2D eigenvalue weighted by Gasteiger charge is -2.15. The predicted octanol–water partition coefficient (Wildman–Crippen LogP) is 1.83. The van der Waals surface area contributed by atoms with Gasteiger partial charge in [0.25, 0.3) is 0 Å². The summed E-state index contributed by atoms with van der Waals surface area (Å²) in [6, 6.07) is 4.19. The average molecular weight is 233 g/mol. The standard InChI is InChI=1S/C14H23N3/c1-2-13-6-5-7-16-14(13)12-15-8-11-17-9-3-4-10-17/h5-7,15H,2-4,8-12H2,1H3. The van der Waals surface area contributed by atoms with Gasteiger partial charge in [0.2, 0.25) is 0 Å². The minimum atomic E-state index is 0.901. The maximum atomic E-state index is 4.44. The molecule has 1 aliphatic rings. The number of hydrogen-bond acceptors (Lipinski definition) is 3. The SMILES string of the molecule is CCc1cccnc1CNCCN1CCCC1. The first kappa shape index (κ1) is 12.5. The van der Waals surface area contributed by atoms with Gasteiger partial charge in [-0.2, -0.15) is 0 Å². The van der Waals surface area contributed by atoms with E-state index in [2.05, 4.69) is 28.2 Å². The number of rotatable bonds is 6. The Hall–Kier alpha value is -0.930. The van der Waals surface area contributed by atoms with Gasteiger partial charge in [-0.25, -0.2) is 0 Å². The minimum Gasteiger partial charge on any atom is -0.310 e. The van der Waals surface area contributed by atoms with Crippen molar-refractivity contribution in [3.63, 3.8) is 0 Å². The molecule has 0 bridgehead atoms. The zero-order valence-electron chi connectivity index (χ0n) is 10.8. The van der Waals surface area contributed by atoms with Crippen LogP contribution < -0.4 is 5.32 Å². The second-order valence-corrected chi connectivity index (χ2v) is 4.69. The Labute approximate surface area is 104 Å². The molecule has 0 radical (unpaired) electrons. The van der Waals surface area contributed by atoms with E-state index in [-0.39, 0.29) is 0 Å². The van der Waals surface area contributed by atoms with Gasteiger partial charge in [0.05, 0.1) is 5.69 Å². The molecule has 1 saturated heterocycles. The monoisotopic (exact) mass is 233 g/mol. The molecule has 3 nitrogen and oxygen atoms in total. The van der Waals surface area contributed by atoms with Crippen molar-refractivity contribution >= 4 is 0 Å². The molecule has 0 spiro atoms. The second kappa shape index (κ2) is 6.72. The summed E-state index contributed by atoms with van der Waals surface area (Å²) >= 11 is 0. The molecule has 1 aromatic heterocycles. The minimum absolute atomic E-state index is 0.901. The molecule has 0 aromatic carbocycles. The molecule has 3 heteroatoms. The number of pyridine rings is 1. The number of nitrogens with one attached hydrogen (secondary N) is 1. The van der Waals surface area contributed by atoms with Gasteiger partial charge in [0.15, 0.2) is 0 Å². The van der Waals surface area contributed by atoms with Crippen molar-refractivity contribution in [3.8, 4) is 0 Å². The highest BCUT2D eigenvalue weighted by Gasteiger charge is 2.10. The first-order chi connectivity index (χ1) is 8.40. The first-order valence-electron chi connectivity index (χ1n) is 6.76. The van der Waals surface area contributed by atoms with Crippen LogP contribution in [0.15, 0.2) is 18.3 Å². The summed E-state index contributed by atoms with van der Waals surface area (Å²) in [5.41, 5.74) is 2.57. The third-order valence-corrected chi connectivity index (χ3v) is 3.46. The van der Waals surface area contributed by atoms with Gasteiger partial charge < -0.3 is 10.2 Å². The van der Waals surface area contributed by atoms with Crippen molar-refractivity contribution < 1.29 is 0 Å². The number of aryl methyl sites for hydroxylation is 1. The van der Waals surface area contributed by atoms with E-state index < -0.39 is 0 Å². The van der Waals surface area contributed by atoms with Gasteiger partial charge in [-0.05, 0) is 44.0 Å². The van der Waals surface area contributed by atoms with Crippen molar-refractivity contribution in [2.45, 2.75) is 32.7 Å². The predicted molar refractivity (Wildman–Crippen MR) is 71.0 cm³/mol. The van der Waals surface area contributed by atoms with Crippen molar-refractivity contribution in [1.82, 2.24) is 15.2 Å². The molecule has 1 aliphatic heterocycles. The van der Waals surface area contributed by atoms with Gasteiger partial charge in [0.1, 0.15) is 0 Å². The molecule has 1 N–H and O–H groups in total. The Morgan fingerprint density at radius 1 is 1.35 bits per heavy atom. The van der Waals surface area contributed by atoms with Crippen molar-refractivity contribution in [1.29, 1.82) is 0 Å². The molecular formula is C14H23N3. The Balaban J connectivity index is 1.70. The molecule has 1 aromatic rings. The van der Waals surface area contributed by atoms with Gasteiger partial charge in [0, 0.05) is 25.8 Å². The van der Waals surface area contributed by atoms with Crippen LogP contribution in [0.4, 0.5) is 0 Å². The molecule has 0 unspecified atom stereocenters. The van der Waals surface area contributed by atoms with E-state index in [1.165, 1.54) is 43.7 Å². The smallest absolute Gasteiger partial charge is 0.0573 e. The third kappa shape index (κ3) is 3.79. The fourth-order valence-corrected chi connectivity index (χ4v) is 2.40. The summed E-state index contributed by atoms with van der Waals surface area (Å²) in [6.45, 7) is 7.90. The molecule has 0 aliphatic carbocycles. The lowest BCUT2D eigenvalue weighted by atomic mass is 10.1. The van der Waals surface area contributed by atoms with Crippen LogP contribution in [-0.2, 0) is 13.0 Å². The average Bonchev–Trinajstić information content (AvgIpc) is 2.88. The summed E-state index contributed by atoms with van der Waals surface area (Å²) in [5, 5.41) is 3.50. The highest BCUT2D eigenvalue weighted by Crippen LogP contribution is 2.07. The normalized spacial score (nSPS) is 16.5. The molecule has 0 saturated carbocycles. The number of hydrogen-bond donors (Lipinski definition) is 1. The van der Waals surface area contributed by atoms with Gasteiger partial charge in [-0.15, -0.1) is 0 Å². The highest BCUT2D eigenvalue weighted by atomic mass is 15.1. The Morgan fingerprint density at radius 2 is 2.18 bits per heavy atom. The number of likely N-dealkylation sites (tertiary alicyclic amines) is 1. The van der Waals surface area contributed by atoms with E-state index in [4.69, 9.17) is 0 Å². The van der Waals surface area contributed by atoms with Crippen molar-refractivity contribution in [3.05, 3.63) is 29.6 Å². The molecule has 94 valence electrons. The maximum Gasteiger partial charge on any atom is 0.0573 e. The lowest BCUT2D eigenvalue weighted by molar-refractivity contribution is 0.335. The van der Waals surface area contributed by atoms with Gasteiger partial charge in [-0.1, -0.05) is 13.0 Å². The van der Waals surface area contributed by atoms with E-state index >= 15 is 0 Å². The largest absolute Gasteiger partial charge is 0.310 e. The van der Waals surface area contributed by atoms with Crippen LogP contribution in [0, 0.1) is 0 Å². The molecular weight excluding hydrogens is 210 g/mol. The molecule has 2 heterocycles. The van der Waals surface area contributed by atoms with Crippen LogP contribution in [0.5, 0.6) is 0 Å². The van der Waals surface area contributed by atoms with Gasteiger partial charge in [-0.3, -0.25) is 4.98 Å². The van der Waals surface area contributed by atoms with Gasteiger partial charge >= 0.3 is 0 Å². The first-order valence-corrected chi connectivity index (χ1v) is 6.76. The molecule has 17 heavy (non-hydrogen) atoms. The summed E-state index contributed by atoms with van der Waals surface area (Å²) < 4.78 is 0. The lowest BCUT2D eigenvalue weighted by Crippen LogP contribution is -2.30. The summed E-state index contributed by atoms with van der Waals surface area (Å²) in [6.07, 6.45) is 5.70. The molecule has 0 atom stereocenters. The molecule has 0 amide bonds. The van der Waals surface area contributed by atoms with Crippen LogP contribution in [0.1, 0.15) is 31.0 Å². The van der Waals surface area contributed by atoms with Crippen LogP contribution in [0.25, 0.3) is 0 Å². The van der Waals surface area contributed by atoms with Crippen LogP contribution >= 0.6 is 0 Å². The highest BCUT2D eigenvalue weighted by molar-refractivity contribution is 5.19. The van der Waals surface area contributed by atoms with Crippen molar-refractivity contribution in [2.75, 3.05) is 26.2 Å². The molecule has 2 rings (SSSR count). The zero-order valence-corrected chi connectivity index (χ0v) is 10.8. The maximum absolute atomic E-state index is 4.44.